The first-order valence-electron chi connectivity index (χ1n) is 16.5. The van der Waals surface area contributed by atoms with Gasteiger partial charge in [0.15, 0.2) is 0 Å². The fourth-order valence-electron chi connectivity index (χ4n) is 7.73. The number of ether oxygens (including phenoxy) is 1. The summed E-state index contributed by atoms with van der Waals surface area (Å²) in [6, 6.07) is 8.53. The molecule has 0 aliphatic carbocycles. The number of hydrogen-bond acceptors (Lipinski definition) is 9. The van der Waals surface area contributed by atoms with Gasteiger partial charge in [-0.05, 0) is 68.3 Å². The highest BCUT2D eigenvalue weighted by atomic mass is 19.1. The van der Waals surface area contributed by atoms with Gasteiger partial charge in [-0.3, -0.25) is 9.69 Å². The summed E-state index contributed by atoms with van der Waals surface area (Å²) in [4.78, 5) is 28.9. The average Bonchev–Trinajstić information content (AvgIpc) is 3.75. The first-order chi connectivity index (χ1) is 22.6. The molecule has 2 aromatic carbocycles. The summed E-state index contributed by atoms with van der Waals surface area (Å²) in [6.45, 7) is 6.75. The number of fused-ring (bicyclic) bond motifs is 3. The summed E-state index contributed by atoms with van der Waals surface area (Å²) in [5, 5.41) is 16.5. The van der Waals surface area contributed by atoms with Crippen molar-refractivity contribution in [3.63, 3.8) is 0 Å². The zero-order valence-corrected chi connectivity index (χ0v) is 27.2. The predicted octanol–water partition coefficient (Wildman–Crippen LogP) is 5.23. The maximum atomic E-state index is 15.0. The molecule has 0 unspecified atom stereocenters. The molecule has 3 aliphatic rings. The summed E-state index contributed by atoms with van der Waals surface area (Å²) in [5.41, 5.74) is 3.49. The molecule has 3 aliphatic heterocycles. The fourth-order valence-corrected chi connectivity index (χ4v) is 7.73. The van der Waals surface area contributed by atoms with E-state index in [9.17, 15) is 18.7 Å². The molecule has 4 aromatic rings. The van der Waals surface area contributed by atoms with Crippen LogP contribution in [0.4, 0.5) is 20.3 Å². The lowest BCUT2D eigenvalue weighted by molar-refractivity contribution is 0.0889. The second kappa shape index (κ2) is 12.4. The lowest BCUT2D eigenvalue weighted by atomic mass is 9.95. The smallest absolute Gasteiger partial charge is 0.318 e. The minimum Gasteiger partial charge on any atom is -0.508 e. The van der Waals surface area contributed by atoms with Gasteiger partial charge in [0.1, 0.15) is 30.2 Å². The van der Waals surface area contributed by atoms with Gasteiger partial charge in [-0.15, -0.1) is 0 Å². The summed E-state index contributed by atoms with van der Waals surface area (Å²) in [6.07, 6.45) is 4.45. The van der Waals surface area contributed by atoms with Gasteiger partial charge in [0.25, 0.3) is 0 Å². The third-order valence-corrected chi connectivity index (χ3v) is 10.1. The largest absolute Gasteiger partial charge is 0.508 e. The molecule has 5 heterocycles. The number of rotatable bonds is 9. The Morgan fingerprint density at radius 2 is 2.06 bits per heavy atom. The van der Waals surface area contributed by atoms with Crippen LogP contribution in [0.25, 0.3) is 10.8 Å². The molecular formula is C35H41F2N7O3. The molecule has 1 N–H and O–H groups in total. The van der Waals surface area contributed by atoms with Crippen molar-refractivity contribution in [3.8, 4) is 11.8 Å². The van der Waals surface area contributed by atoms with E-state index < -0.39 is 6.17 Å². The van der Waals surface area contributed by atoms with Crippen LogP contribution < -0.4 is 14.5 Å². The fraction of sp³-hybridized carbons (Fsp3) is 0.486. The summed E-state index contributed by atoms with van der Waals surface area (Å²) in [7, 11) is 1.90. The normalized spacial score (nSPS) is 20.9. The average molecular weight is 646 g/mol. The molecule has 2 fully saturated rings. The zero-order valence-electron chi connectivity index (χ0n) is 27.2. The number of aromatic nitrogens is 4. The van der Waals surface area contributed by atoms with Crippen molar-refractivity contribution in [2.24, 2.45) is 0 Å². The van der Waals surface area contributed by atoms with Gasteiger partial charge in [0.2, 0.25) is 5.91 Å². The van der Waals surface area contributed by atoms with E-state index >= 15 is 0 Å². The van der Waals surface area contributed by atoms with Crippen molar-refractivity contribution in [2.45, 2.75) is 70.6 Å². The Bertz CT molecular complexity index is 1830. The second-order valence-corrected chi connectivity index (χ2v) is 13.2. The number of phenolic OH excluding ortho intramolecular Hbond substituents is 1. The van der Waals surface area contributed by atoms with Gasteiger partial charge in [0.05, 0.1) is 23.5 Å². The first-order valence-corrected chi connectivity index (χ1v) is 16.5. The van der Waals surface area contributed by atoms with E-state index in [1.54, 1.807) is 30.5 Å². The van der Waals surface area contributed by atoms with Crippen LogP contribution in [0, 0.1) is 12.7 Å². The summed E-state index contributed by atoms with van der Waals surface area (Å²) < 4.78 is 37.2. The molecule has 2 saturated heterocycles. The number of anilines is 2. The molecule has 0 saturated carbocycles. The number of carbonyl (C=O) groups excluding carboxylic acids is 1. The van der Waals surface area contributed by atoms with E-state index in [0.29, 0.717) is 63.4 Å². The van der Waals surface area contributed by atoms with Crippen molar-refractivity contribution in [1.82, 2.24) is 24.6 Å². The Labute approximate surface area is 273 Å². The predicted molar refractivity (Wildman–Crippen MR) is 176 cm³/mol. The third kappa shape index (κ3) is 5.88. The Balaban J connectivity index is 1.21. The highest BCUT2D eigenvalue weighted by molar-refractivity contribution is 5.98. The number of aromatic hydroxyl groups is 1. The second-order valence-electron chi connectivity index (χ2n) is 13.2. The van der Waals surface area contributed by atoms with E-state index in [1.165, 1.54) is 10.7 Å². The Hall–Kier alpha value is -4.32. The number of phenols is 1. The molecule has 7 rings (SSSR count). The van der Waals surface area contributed by atoms with Gasteiger partial charge in [-0.25, -0.2) is 13.5 Å². The number of benzene rings is 2. The quantitative estimate of drug-likeness (QED) is 0.263. The maximum absolute atomic E-state index is 15.0. The molecule has 10 nitrogen and oxygen atoms in total. The number of aryl methyl sites for hydroxylation is 2. The molecule has 0 amide bonds. The number of nitrogens with zero attached hydrogens (tertiary/aromatic N) is 7. The van der Waals surface area contributed by atoms with Crippen LogP contribution in [0.15, 0.2) is 36.5 Å². The molecule has 47 heavy (non-hydrogen) atoms. The number of hydrogen-bond donors (Lipinski definition) is 1. The van der Waals surface area contributed by atoms with Gasteiger partial charge >= 0.3 is 6.01 Å². The van der Waals surface area contributed by atoms with Crippen molar-refractivity contribution in [1.29, 1.82) is 0 Å². The molecule has 2 atom stereocenters. The SMILES string of the molecule is CCc1c(F)ccc2cc(O)cc(N3CCc4c(nc(OC[C@@]56CCCN5C[C@H](F)C6)nc4N(C)CCC(=O)n4ccc(C)n4)C3)c12. The summed E-state index contributed by atoms with van der Waals surface area (Å²) in [5.74, 6) is 0.409. The third-order valence-electron chi connectivity index (χ3n) is 10.1. The van der Waals surface area contributed by atoms with E-state index in [-0.39, 0.29) is 35.4 Å². The highest BCUT2D eigenvalue weighted by Gasteiger charge is 2.49. The van der Waals surface area contributed by atoms with E-state index in [0.717, 1.165) is 52.8 Å². The van der Waals surface area contributed by atoms with Crippen molar-refractivity contribution < 1.29 is 23.4 Å². The number of alkyl halides is 1. The zero-order chi connectivity index (χ0) is 32.9. The highest BCUT2D eigenvalue weighted by Crippen LogP contribution is 2.41. The van der Waals surface area contributed by atoms with Crippen LogP contribution in [0.1, 0.15) is 59.9 Å². The van der Waals surface area contributed by atoms with E-state index in [2.05, 4.69) is 14.9 Å². The summed E-state index contributed by atoms with van der Waals surface area (Å²) >= 11 is 0. The van der Waals surface area contributed by atoms with Crippen LogP contribution in [0.3, 0.4) is 0 Å². The van der Waals surface area contributed by atoms with Gasteiger partial charge < -0.3 is 19.6 Å². The first kappa shape index (κ1) is 31.3. The lowest BCUT2D eigenvalue weighted by Gasteiger charge is -2.34. The van der Waals surface area contributed by atoms with Gasteiger partial charge in [-0.1, -0.05) is 13.0 Å². The van der Waals surface area contributed by atoms with Crippen LogP contribution in [-0.4, -0.2) is 87.2 Å². The maximum Gasteiger partial charge on any atom is 0.318 e. The molecule has 0 spiro atoms. The monoisotopic (exact) mass is 645 g/mol. The van der Waals surface area contributed by atoms with Crippen LogP contribution in [0.5, 0.6) is 11.8 Å². The molecular weight excluding hydrogens is 604 g/mol. The molecule has 0 bridgehead atoms. The Morgan fingerprint density at radius 3 is 2.85 bits per heavy atom. The van der Waals surface area contributed by atoms with E-state index in [4.69, 9.17) is 14.7 Å². The lowest BCUT2D eigenvalue weighted by Crippen LogP contribution is -2.43. The molecule has 0 radical (unpaired) electrons. The molecule has 12 heteroatoms. The number of halogens is 2. The molecule has 2 aromatic heterocycles. The van der Waals surface area contributed by atoms with Gasteiger partial charge in [-0.2, -0.15) is 15.1 Å². The van der Waals surface area contributed by atoms with Crippen LogP contribution in [-0.2, 0) is 19.4 Å². The van der Waals surface area contributed by atoms with Crippen LogP contribution in [0.2, 0.25) is 0 Å². The Morgan fingerprint density at radius 1 is 1.21 bits per heavy atom. The standard InChI is InChI=1S/C35H41F2N7O3/c1-4-26-28(37)7-6-23-16-25(45)17-30(32(23)26)42-14-9-27-29(20-42)38-34(47-21-35-11-5-12-43(35)19-24(36)18-35)39-33(27)41(3)13-10-31(46)44-15-8-22(2)40-44/h6-8,15-17,24,45H,4-5,9-14,18-21H2,1-3H3/t24-,35+/m1/s1. The molecule has 248 valence electrons. The van der Waals surface area contributed by atoms with Crippen molar-refractivity contribution in [3.05, 3.63) is 64.9 Å². The van der Waals surface area contributed by atoms with E-state index in [1.807, 2.05) is 25.8 Å². The minimum atomic E-state index is -0.871. The number of carbonyl (C=O) groups is 1. The van der Waals surface area contributed by atoms with Crippen LogP contribution >= 0.6 is 0 Å². The van der Waals surface area contributed by atoms with Crippen molar-refractivity contribution >= 4 is 28.2 Å². The topological polar surface area (TPSA) is 99.9 Å². The Kier molecular flexibility index (Phi) is 8.23. The minimum absolute atomic E-state index is 0.110. The van der Waals surface area contributed by atoms with Crippen molar-refractivity contribution in [2.75, 3.05) is 49.6 Å². The van der Waals surface area contributed by atoms with Gasteiger partial charge in [0, 0.05) is 68.4 Å².